The first-order valence-electron chi connectivity index (χ1n) is 10.7. The smallest absolute Gasteiger partial charge is 0.317 e. The molecule has 0 aromatic heterocycles. The van der Waals surface area contributed by atoms with Crippen molar-refractivity contribution in [2.75, 3.05) is 20.1 Å². The van der Waals surface area contributed by atoms with Crippen molar-refractivity contribution in [3.63, 3.8) is 0 Å². The highest BCUT2D eigenvalue weighted by Gasteiger charge is 2.27. The van der Waals surface area contributed by atoms with Crippen LogP contribution in [0.5, 0.6) is 5.75 Å². The van der Waals surface area contributed by atoms with E-state index in [0.29, 0.717) is 13.0 Å². The van der Waals surface area contributed by atoms with Crippen LogP contribution in [0.1, 0.15) is 64.7 Å². The fraction of sp³-hybridized carbons (Fsp3) is 0.500. The maximum Gasteiger partial charge on any atom is 0.317 e. The number of nitrogens with zero attached hydrogens (tertiary/aromatic N) is 1. The van der Waals surface area contributed by atoms with Gasteiger partial charge < -0.3 is 9.84 Å². The lowest BCUT2D eigenvalue weighted by atomic mass is 9.72. The molecular weight excluding hydrogens is 374 g/mol. The quantitative estimate of drug-likeness (QED) is 0.527. The van der Waals surface area contributed by atoms with Crippen LogP contribution in [0.3, 0.4) is 0 Å². The van der Waals surface area contributed by atoms with E-state index in [9.17, 15) is 4.79 Å². The van der Waals surface area contributed by atoms with Gasteiger partial charge in [0.1, 0.15) is 11.9 Å². The van der Waals surface area contributed by atoms with E-state index >= 15 is 0 Å². The molecule has 2 aromatic rings. The topological polar surface area (TPSA) is 49.8 Å². The molecule has 0 bridgehead atoms. The van der Waals surface area contributed by atoms with Crippen LogP contribution < -0.4 is 4.74 Å². The zero-order valence-electron chi connectivity index (χ0n) is 19.3. The van der Waals surface area contributed by atoms with Crippen LogP contribution in [0.25, 0.3) is 0 Å². The Labute approximate surface area is 181 Å². The summed E-state index contributed by atoms with van der Waals surface area (Å²) in [6, 6.07) is 18.6. The van der Waals surface area contributed by atoms with Gasteiger partial charge in [-0.1, -0.05) is 77.1 Å². The van der Waals surface area contributed by atoms with E-state index in [1.807, 2.05) is 25.2 Å². The summed E-state index contributed by atoms with van der Waals surface area (Å²) in [5.41, 5.74) is 2.76. The SMILES string of the molecule is CN(CCC(Oc1ccc(C(C)(C)CC(C)(C)C)cc1)c1ccccc1)CC(=O)O. The maximum atomic E-state index is 10.9. The highest BCUT2D eigenvalue weighted by Crippen LogP contribution is 2.37. The number of aliphatic carboxylic acids is 1. The molecule has 0 saturated heterocycles. The number of carbonyl (C=O) groups is 1. The standard InChI is InChI=1S/C26H37NO3/c1-25(2,3)19-26(4,5)21-12-14-22(15-13-21)30-23(20-10-8-7-9-11-20)16-17-27(6)18-24(28)29/h7-15,23H,16-19H2,1-6H3,(H,28,29). The number of carboxylic acid groups (broad SMARTS) is 1. The second-order valence-corrected chi connectivity index (χ2v) is 10.1. The first-order chi connectivity index (χ1) is 14.0. The summed E-state index contributed by atoms with van der Waals surface area (Å²) in [5.74, 6) is 0.0168. The molecule has 0 amide bonds. The molecule has 4 nitrogen and oxygen atoms in total. The Hall–Kier alpha value is -2.33. The zero-order chi connectivity index (χ0) is 22.4. The van der Waals surface area contributed by atoms with Crippen molar-refractivity contribution in [2.24, 2.45) is 5.41 Å². The van der Waals surface area contributed by atoms with Gasteiger partial charge in [0.15, 0.2) is 0 Å². The van der Waals surface area contributed by atoms with Gasteiger partial charge in [-0.15, -0.1) is 0 Å². The molecule has 0 spiro atoms. The molecule has 2 rings (SSSR count). The minimum Gasteiger partial charge on any atom is -0.486 e. The molecule has 0 radical (unpaired) electrons. The molecule has 0 heterocycles. The third-order valence-electron chi connectivity index (χ3n) is 5.24. The molecule has 0 fully saturated rings. The number of benzene rings is 2. The number of rotatable bonds is 10. The Bertz CT molecular complexity index is 791. The summed E-state index contributed by atoms with van der Waals surface area (Å²) in [4.78, 5) is 12.7. The Morgan fingerprint density at radius 2 is 1.60 bits per heavy atom. The van der Waals surface area contributed by atoms with Gasteiger partial charge in [-0.05, 0) is 47.6 Å². The molecule has 4 heteroatoms. The lowest BCUT2D eigenvalue weighted by Gasteiger charge is -2.33. The zero-order valence-corrected chi connectivity index (χ0v) is 19.3. The summed E-state index contributed by atoms with van der Waals surface area (Å²) in [6.07, 6.45) is 1.68. The van der Waals surface area contributed by atoms with E-state index in [4.69, 9.17) is 9.84 Å². The highest BCUT2D eigenvalue weighted by molar-refractivity contribution is 5.68. The van der Waals surface area contributed by atoms with Crippen LogP contribution in [0, 0.1) is 5.41 Å². The molecule has 1 unspecified atom stereocenters. The summed E-state index contributed by atoms with van der Waals surface area (Å²) in [7, 11) is 1.82. The number of hydrogen-bond donors (Lipinski definition) is 1. The molecule has 164 valence electrons. The van der Waals surface area contributed by atoms with Gasteiger partial charge in [0.25, 0.3) is 0 Å². The Morgan fingerprint density at radius 3 is 2.13 bits per heavy atom. The van der Waals surface area contributed by atoms with Crippen LogP contribution in [-0.2, 0) is 10.2 Å². The third kappa shape index (κ3) is 7.83. The van der Waals surface area contributed by atoms with Crippen molar-refractivity contribution in [1.82, 2.24) is 4.90 Å². The summed E-state index contributed by atoms with van der Waals surface area (Å²) in [6.45, 7) is 12.1. The van der Waals surface area contributed by atoms with Crippen molar-refractivity contribution < 1.29 is 14.6 Å². The monoisotopic (exact) mass is 411 g/mol. The maximum absolute atomic E-state index is 10.9. The van der Waals surface area contributed by atoms with Gasteiger partial charge in [-0.25, -0.2) is 0 Å². The number of ether oxygens (including phenoxy) is 1. The Morgan fingerprint density at radius 1 is 1.00 bits per heavy atom. The largest absolute Gasteiger partial charge is 0.486 e. The Kier molecular flexibility index (Phi) is 8.08. The van der Waals surface area contributed by atoms with Crippen LogP contribution in [-0.4, -0.2) is 36.1 Å². The van der Waals surface area contributed by atoms with E-state index in [1.165, 1.54) is 5.56 Å². The second kappa shape index (κ2) is 10.1. The van der Waals surface area contributed by atoms with Crippen LogP contribution >= 0.6 is 0 Å². The second-order valence-electron chi connectivity index (χ2n) is 10.1. The lowest BCUT2D eigenvalue weighted by Crippen LogP contribution is -2.28. The predicted octanol–water partition coefficient (Wildman–Crippen LogP) is 5.93. The van der Waals surface area contributed by atoms with Crippen molar-refractivity contribution in [3.8, 4) is 5.75 Å². The number of carboxylic acids is 1. The third-order valence-corrected chi connectivity index (χ3v) is 5.24. The first-order valence-corrected chi connectivity index (χ1v) is 10.7. The minimum absolute atomic E-state index is 0.0269. The minimum atomic E-state index is -0.817. The van der Waals surface area contributed by atoms with Crippen LogP contribution in [0.15, 0.2) is 54.6 Å². The van der Waals surface area contributed by atoms with E-state index < -0.39 is 5.97 Å². The van der Waals surface area contributed by atoms with Gasteiger partial charge in [0.05, 0.1) is 6.54 Å². The number of hydrogen-bond acceptors (Lipinski definition) is 3. The van der Waals surface area contributed by atoms with E-state index in [1.54, 1.807) is 4.90 Å². The van der Waals surface area contributed by atoms with E-state index in [2.05, 4.69) is 71.0 Å². The van der Waals surface area contributed by atoms with Gasteiger partial charge in [-0.3, -0.25) is 9.69 Å². The van der Waals surface area contributed by atoms with Crippen LogP contribution in [0.4, 0.5) is 0 Å². The molecule has 1 N–H and O–H groups in total. The fourth-order valence-electron chi connectivity index (χ4n) is 4.19. The van der Waals surface area contributed by atoms with Crippen LogP contribution in [0.2, 0.25) is 0 Å². The lowest BCUT2D eigenvalue weighted by molar-refractivity contribution is -0.138. The van der Waals surface area contributed by atoms with Crippen molar-refractivity contribution in [1.29, 1.82) is 0 Å². The molecule has 0 aliphatic rings. The number of likely N-dealkylation sites (N-methyl/N-ethyl adjacent to an activating group) is 1. The molecule has 30 heavy (non-hydrogen) atoms. The molecule has 2 aromatic carbocycles. The van der Waals surface area contributed by atoms with Gasteiger partial charge >= 0.3 is 5.97 Å². The average Bonchev–Trinajstić information content (AvgIpc) is 2.64. The van der Waals surface area contributed by atoms with Gasteiger partial charge in [-0.2, -0.15) is 0 Å². The van der Waals surface area contributed by atoms with E-state index in [-0.39, 0.29) is 23.5 Å². The predicted molar refractivity (Wildman–Crippen MR) is 123 cm³/mol. The van der Waals surface area contributed by atoms with Crippen molar-refractivity contribution in [2.45, 2.75) is 59.0 Å². The molecule has 1 atom stereocenters. The molecule has 0 aliphatic heterocycles. The Balaban J connectivity index is 2.12. The first kappa shape index (κ1) is 23.9. The molecule has 0 aliphatic carbocycles. The normalized spacial score (nSPS) is 13.3. The molecule has 0 saturated carbocycles. The molecular formula is C26H37NO3. The fourth-order valence-corrected chi connectivity index (χ4v) is 4.19. The van der Waals surface area contributed by atoms with E-state index in [0.717, 1.165) is 17.7 Å². The summed E-state index contributed by atoms with van der Waals surface area (Å²) in [5, 5.41) is 8.99. The summed E-state index contributed by atoms with van der Waals surface area (Å²) < 4.78 is 6.35. The van der Waals surface area contributed by atoms with Crippen molar-refractivity contribution >= 4 is 5.97 Å². The highest BCUT2D eigenvalue weighted by atomic mass is 16.5. The summed E-state index contributed by atoms with van der Waals surface area (Å²) >= 11 is 0. The van der Waals surface area contributed by atoms with Gasteiger partial charge in [0, 0.05) is 13.0 Å². The van der Waals surface area contributed by atoms with Gasteiger partial charge in [0.2, 0.25) is 0 Å². The van der Waals surface area contributed by atoms with Crippen molar-refractivity contribution in [3.05, 3.63) is 65.7 Å². The average molecular weight is 412 g/mol.